The van der Waals surface area contributed by atoms with E-state index in [1.165, 1.54) is 0 Å². The Labute approximate surface area is 146 Å². The number of nitrogens with one attached hydrogen (secondary N) is 1. The lowest BCUT2D eigenvalue weighted by Gasteiger charge is -2.26. The van der Waals surface area contributed by atoms with Gasteiger partial charge in [-0.05, 0) is 35.2 Å². The van der Waals surface area contributed by atoms with Gasteiger partial charge in [-0.1, -0.05) is 41.9 Å². The first-order valence-corrected chi connectivity index (χ1v) is 8.31. The molecular formula is C19H19ClN2O2. The molecule has 0 atom stereocenters. The molecular weight excluding hydrogens is 324 g/mol. The van der Waals surface area contributed by atoms with Crippen molar-refractivity contribution in [3.8, 4) is 0 Å². The lowest BCUT2D eigenvalue weighted by atomic mass is 9.99. The molecule has 0 aliphatic carbocycles. The Kier molecular flexibility index (Phi) is 4.86. The average molecular weight is 343 g/mol. The topological polar surface area (TPSA) is 49.4 Å². The number of rotatable bonds is 4. The molecule has 5 heteroatoms. The van der Waals surface area contributed by atoms with Gasteiger partial charge in [0.1, 0.15) is 0 Å². The molecule has 0 aromatic heterocycles. The number of aryl methyl sites for hydroxylation is 1. The molecule has 1 N–H and O–H groups in total. The van der Waals surface area contributed by atoms with E-state index in [9.17, 15) is 9.59 Å². The lowest BCUT2D eigenvalue weighted by Crippen LogP contribution is -2.31. The van der Waals surface area contributed by atoms with Gasteiger partial charge in [0.05, 0.1) is 6.42 Å². The molecule has 2 aromatic carbocycles. The molecule has 24 heavy (non-hydrogen) atoms. The molecule has 1 aliphatic heterocycles. The zero-order chi connectivity index (χ0) is 17.1. The number of halogens is 1. The summed E-state index contributed by atoms with van der Waals surface area (Å²) < 4.78 is 0. The van der Waals surface area contributed by atoms with E-state index in [0.29, 0.717) is 18.0 Å². The second-order valence-corrected chi connectivity index (χ2v) is 6.37. The molecule has 2 amide bonds. The van der Waals surface area contributed by atoms with Gasteiger partial charge in [-0.25, -0.2) is 0 Å². The Morgan fingerprint density at radius 3 is 2.79 bits per heavy atom. The number of nitrogens with zero attached hydrogens (tertiary/aromatic N) is 1. The van der Waals surface area contributed by atoms with Crippen LogP contribution in [0.5, 0.6) is 0 Å². The Morgan fingerprint density at radius 1 is 1.21 bits per heavy atom. The van der Waals surface area contributed by atoms with Crippen molar-refractivity contribution in [3.63, 3.8) is 0 Å². The summed E-state index contributed by atoms with van der Waals surface area (Å²) in [5.41, 5.74) is 3.96. The molecule has 0 spiro atoms. The highest BCUT2D eigenvalue weighted by Gasteiger charge is 2.20. The van der Waals surface area contributed by atoms with Crippen molar-refractivity contribution in [1.82, 2.24) is 5.32 Å². The van der Waals surface area contributed by atoms with E-state index >= 15 is 0 Å². The maximum atomic E-state index is 12.1. The van der Waals surface area contributed by atoms with Gasteiger partial charge >= 0.3 is 0 Å². The maximum Gasteiger partial charge on any atom is 0.227 e. The second kappa shape index (κ2) is 7.05. The summed E-state index contributed by atoms with van der Waals surface area (Å²) in [5.74, 6) is 0.0800. The normalized spacial score (nSPS) is 13.6. The highest BCUT2D eigenvalue weighted by atomic mass is 35.5. The monoisotopic (exact) mass is 342 g/mol. The van der Waals surface area contributed by atoms with Crippen LogP contribution in [-0.4, -0.2) is 18.9 Å². The standard InChI is InChI=1S/C19H19ClN2O2/c1-22-17-8-6-13(10-15(17)7-9-19(22)24)12-21-18(23)11-14-4-2-3-5-16(14)20/h2-6,8,10H,7,9,11-12H2,1H3,(H,21,23). The van der Waals surface area contributed by atoms with Crippen molar-refractivity contribution in [1.29, 1.82) is 0 Å². The average Bonchev–Trinajstić information content (AvgIpc) is 2.58. The molecule has 0 bridgehead atoms. The number of carbonyl (C=O) groups is 2. The first kappa shape index (κ1) is 16.5. The van der Waals surface area contributed by atoms with Crippen molar-refractivity contribution in [2.24, 2.45) is 0 Å². The van der Waals surface area contributed by atoms with Crippen molar-refractivity contribution < 1.29 is 9.59 Å². The largest absolute Gasteiger partial charge is 0.352 e. The van der Waals surface area contributed by atoms with Crippen LogP contribution in [0.25, 0.3) is 0 Å². The third kappa shape index (κ3) is 3.60. The van der Waals surface area contributed by atoms with Crippen molar-refractivity contribution in [2.75, 3.05) is 11.9 Å². The molecule has 0 saturated heterocycles. The summed E-state index contributed by atoms with van der Waals surface area (Å²) in [6, 6.07) is 13.3. The summed E-state index contributed by atoms with van der Waals surface area (Å²) in [7, 11) is 1.80. The fourth-order valence-corrected chi connectivity index (χ4v) is 3.10. The van der Waals surface area contributed by atoms with Crippen LogP contribution in [0.4, 0.5) is 5.69 Å². The predicted octanol–water partition coefficient (Wildman–Crippen LogP) is 3.11. The fourth-order valence-electron chi connectivity index (χ4n) is 2.90. The first-order chi connectivity index (χ1) is 11.5. The van der Waals surface area contributed by atoms with Gasteiger partial charge in [-0.2, -0.15) is 0 Å². The maximum absolute atomic E-state index is 12.1. The number of hydrogen-bond acceptors (Lipinski definition) is 2. The van der Waals surface area contributed by atoms with Gasteiger partial charge in [0.25, 0.3) is 0 Å². The van der Waals surface area contributed by atoms with Crippen LogP contribution < -0.4 is 10.2 Å². The van der Waals surface area contributed by atoms with Crippen LogP contribution in [0.15, 0.2) is 42.5 Å². The smallest absolute Gasteiger partial charge is 0.227 e. The number of hydrogen-bond donors (Lipinski definition) is 1. The highest BCUT2D eigenvalue weighted by molar-refractivity contribution is 6.31. The number of carbonyl (C=O) groups excluding carboxylic acids is 2. The Morgan fingerprint density at radius 2 is 2.00 bits per heavy atom. The molecule has 0 saturated carbocycles. The minimum Gasteiger partial charge on any atom is -0.352 e. The molecule has 2 aromatic rings. The summed E-state index contributed by atoms with van der Waals surface area (Å²) in [6.07, 6.45) is 1.55. The van der Waals surface area contributed by atoms with E-state index in [2.05, 4.69) is 11.4 Å². The van der Waals surface area contributed by atoms with Crippen LogP contribution in [-0.2, 0) is 29.0 Å². The van der Waals surface area contributed by atoms with Crippen LogP contribution in [0, 0.1) is 0 Å². The van der Waals surface area contributed by atoms with Gasteiger partial charge in [0.15, 0.2) is 0 Å². The fraction of sp³-hybridized carbons (Fsp3) is 0.263. The quantitative estimate of drug-likeness (QED) is 0.928. The summed E-state index contributed by atoms with van der Waals surface area (Å²) >= 11 is 6.08. The van der Waals surface area contributed by atoms with E-state index in [-0.39, 0.29) is 18.2 Å². The Balaban J connectivity index is 1.62. The zero-order valence-corrected chi connectivity index (χ0v) is 14.3. The molecule has 124 valence electrons. The minimum absolute atomic E-state index is 0.0619. The molecule has 0 fully saturated rings. The minimum atomic E-state index is -0.0619. The Hall–Kier alpha value is -2.33. The number of anilines is 1. The number of benzene rings is 2. The molecule has 3 rings (SSSR count). The summed E-state index contributed by atoms with van der Waals surface area (Å²) in [5, 5.41) is 3.53. The van der Waals surface area contributed by atoms with Crippen molar-refractivity contribution >= 4 is 29.1 Å². The van der Waals surface area contributed by atoms with Gasteiger partial charge < -0.3 is 10.2 Å². The molecule has 0 unspecified atom stereocenters. The van der Waals surface area contributed by atoms with Crippen LogP contribution in [0.3, 0.4) is 0 Å². The molecule has 4 nitrogen and oxygen atoms in total. The predicted molar refractivity (Wildman–Crippen MR) is 95.2 cm³/mol. The highest BCUT2D eigenvalue weighted by Crippen LogP contribution is 2.27. The van der Waals surface area contributed by atoms with Gasteiger partial charge in [0.2, 0.25) is 11.8 Å². The van der Waals surface area contributed by atoms with Gasteiger partial charge in [-0.15, -0.1) is 0 Å². The second-order valence-electron chi connectivity index (χ2n) is 5.96. The van der Waals surface area contributed by atoms with Gasteiger partial charge in [0, 0.05) is 30.7 Å². The summed E-state index contributed by atoms with van der Waals surface area (Å²) in [6.45, 7) is 0.466. The molecule has 1 heterocycles. The van der Waals surface area contributed by atoms with E-state index in [1.54, 1.807) is 18.0 Å². The van der Waals surface area contributed by atoms with Gasteiger partial charge in [-0.3, -0.25) is 9.59 Å². The van der Waals surface area contributed by atoms with Crippen LogP contribution in [0.2, 0.25) is 5.02 Å². The van der Waals surface area contributed by atoms with E-state index < -0.39 is 0 Å². The SMILES string of the molecule is CN1C(=O)CCc2cc(CNC(=O)Cc3ccccc3Cl)ccc21. The third-order valence-electron chi connectivity index (χ3n) is 4.29. The summed E-state index contributed by atoms with van der Waals surface area (Å²) in [4.78, 5) is 25.5. The number of amides is 2. The van der Waals surface area contributed by atoms with Crippen LogP contribution in [0.1, 0.15) is 23.1 Å². The Bertz CT molecular complexity index is 789. The van der Waals surface area contributed by atoms with E-state index in [1.807, 2.05) is 30.3 Å². The zero-order valence-electron chi connectivity index (χ0n) is 13.5. The third-order valence-corrected chi connectivity index (χ3v) is 4.65. The van der Waals surface area contributed by atoms with Crippen LogP contribution >= 0.6 is 11.6 Å². The van der Waals surface area contributed by atoms with Crippen molar-refractivity contribution in [3.05, 3.63) is 64.2 Å². The first-order valence-electron chi connectivity index (χ1n) is 7.93. The van der Waals surface area contributed by atoms with E-state index in [4.69, 9.17) is 11.6 Å². The number of fused-ring (bicyclic) bond motifs is 1. The molecule has 1 aliphatic rings. The molecule has 0 radical (unpaired) electrons. The lowest BCUT2D eigenvalue weighted by molar-refractivity contribution is -0.120. The van der Waals surface area contributed by atoms with E-state index in [0.717, 1.165) is 28.8 Å². The van der Waals surface area contributed by atoms with Crippen molar-refractivity contribution in [2.45, 2.75) is 25.8 Å².